The summed E-state index contributed by atoms with van der Waals surface area (Å²) >= 11 is 2.15. The molecule has 0 aliphatic rings. The smallest absolute Gasteiger partial charge is 0.261 e. The molecule has 2 N–H and O–H groups in total. The van der Waals surface area contributed by atoms with Crippen molar-refractivity contribution in [2.45, 2.75) is 24.7 Å². The molecule has 2 aromatic rings. The van der Waals surface area contributed by atoms with Crippen LogP contribution >= 0.6 is 22.6 Å². The fraction of sp³-hybridized carbons (Fsp3) is 0.188. The molecule has 0 unspecified atom stereocenters. The third-order valence-electron chi connectivity index (χ3n) is 3.02. The van der Waals surface area contributed by atoms with Crippen LogP contribution < -0.4 is 10.0 Å². The molecular weight excluding hydrogens is 427 g/mol. The van der Waals surface area contributed by atoms with Gasteiger partial charge in [-0.3, -0.25) is 9.52 Å². The van der Waals surface area contributed by atoms with Gasteiger partial charge in [-0.05, 0) is 77.5 Å². The molecule has 2 aromatic carbocycles. The molecule has 0 heterocycles. The number of carbonyl (C=O) groups excluding carboxylic acids is 1. The molecule has 122 valence electrons. The quantitative estimate of drug-likeness (QED) is 0.666. The van der Waals surface area contributed by atoms with Gasteiger partial charge in [0.05, 0.1) is 4.90 Å². The number of hydrogen-bond acceptors (Lipinski definition) is 3. The maximum Gasteiger partial charge on any atom is 0.261 e. The van der Waals surface area contributed by atoms with Crippen LogP contribution in [0.1, 0.15) is 19.8 Å². The molecule has 0 saturated heterocycles. The van der Waals surface area contributed by atoms with E-state index < -0.39 is 10.0 Å². The van der Waals surface area contributed by atoms with Gasteiger partial charge in [0, 0.05) is 21.4 Å². The van der Waals surface area contributed by atoms with Gasteiger partial charge in [0.2, 0.25) is 5.91 Å². The average Bonchev–Trinajstić information content (AvgIpc) is 2.50. The number of amides is 1. The Bertz CT molecular complexity index is 772. The van der Waals surface area contributed by atoms with Crippen molar-refractivity contribution in [2.24, 2.45) is 0 Å². The topological polar surface area (TPSA) is 75.3 Å². The lowest BCUT2D eigenvalue weighted by Gasteiger charge is -2.09. The van der Waals surface area contributed by atoms with Gasteiger partial charge in [0.25, 0.3) is 10.0 Å². The number of nitrogens with one attached hydrogen (secondary N) is 2. The summed E-state index contributed by atoms with van der Waals surface area (Å²) in [6.07, 6.45) is 1.20. The van der Waals surface area contributed by atoms with E-state index in [9.17, 15) is 13.2 Å². The van der Waals surface area contributed by atoms with Crippen LogP contribution in [-0.2, 0) is 14.8 Å². The van der Waals surface area contributed by atoms with Crippen LogP contribution in [0.5, 0.6) is 0 Å². The molecule has 23 heavy (non-hydrogen) atoms. The second kappa shape index (κ2) is 7.78. The first-order chi connectivity index (χ1) is 10.9. The molecule has 0 aliphatic heterocycles. The lowest BCUT2D eigenvalue weighted by atomic mass is 10.3. The summed E-state index contributed by atoms with van der Waals surface area (Å²) in [4.78, 5) is 11.7. The first kappa shape index (κ1) is 17.7. The van der Waals surface area contributed by atoms with Crippen LogP contribution in [0.15, 0.2) is 53.4 Å². The fourth-order valence-corrected chi connectivity index (χ4v) is 3.32. The molecular formula is C16H17IN2O3S. The van der Waals surface area contributed by atoms with Gasteiger partial charge in [-0.25, -0.2) is 8.42 Å². The van der Waals surface area contributed by atoms with Crippen LogP contribution in [0.3, 0.4) is 0 Å². The highest BCUT2D eigenvalue weighted by Gasteiger charge is 2.14. The Balaban J connectivity index is 2.11. The molecule has 1 amide bonds. The number of hydrogen-bond donors (Lipinski definition) is 2. The Morgan fingerprint density at radius 1 is 1.00 bits per heavy atom. The van der Waals surface area contributed by atoms with Crippen molar-refractivity contribution in [1.29, 1.82) is 0 Å². The number of sulfonamides is 1. The van der Waals surface area contributed by atoms with Crippen molar-refractivity contribution < 1.29 is 13.2 Å². The SMILES string of the molecule is CCCC(=O)Nc1ccc(S(=O)(=O)Nc2ccc(I)cc2)cc1. The van der Waals surface area contributed by atoms with Crippen LogP contribution in [0.25, 0.3) is 0 Å². The third kappa shape index (κ3) is 5.21. The Kier molecular flexibility index (Phi) is 6.00. The minimum Gasteiger partial charge on any atom is -0.326 e. The molecule has 0 atom stereocenters. The molecule has 7 heteroatoms. The minimum atomic E-state index is -3.65. The Hall–Kier alpha value is -1.61. The lowest BCUT2D eigenvalue weighted by molar-refractivity contribution is -0.116. The van der Waals surface area contributed by atoms with Crippen molar-refractivity contribution in [3.8, 4) is 0 Å². The molecule has 0 bridgehead atoms. The molecule has 5 nitrogen and oxygen atoms in total. The summed E-state index contributed by atoms with van der Waals surface area (Å²) in [5, 5.41) is 2.72. The Labute approximate surface area is 149 Å². The number of rotatable bonds is 6. The molecule has 0 radical (unpaired) electrons. The maximum atomic E-state index is 12.3. The molecule has 0 fully saturated rings. The Morgan fingerprint density at radius 2 is 1.57 bits per heavy atom. The largest absolute Gasteiger partial charge is 0.326 e. The van der Waals surface area contributed by atoms with Gasteiger partial charge >= 0.3 is 0 Å². The zero-order valence-corrected chi connectivity index (χ0v) is 15.5. The van der Waals surface area contributed by atoms with E-state index in [1.807, 2.05) is 19.1 Å². The zero-order valence-electron chi connectivity index (χ0n) is 12.5. The predicted octanol–water partition coefficient (Wildman–Crippen LogP) is 3.83. The van der Waals surface area contributed by atoms with Crippen LogP contribution in [0.4, 0.5) is 11.4 Å². The van der Waals surface area contributed by atoms with Crippen molar-refractivity contribution >= 4 is 49.9 Å². The normalized spacial score (nSPS) is 11.0. The Morgan fingerprint density at radius 3 is 2.13 bits per heavy atom. The molecule has 2 rings (SSSR count). The summed E-state index contributed by atoms with van der Waals surface area (Å²) in [5.41, 5.74) is 1.09. The third-order valence-corrected chi connectivity index (χ3v) is 5.14. The van der Waals surface area contributed by atoms with E-state index in [1.54, 1.807) is 24.3 Å². The number of halogens is 1. The van der Waals surface area contributed by atoms with Crippen molar-refractivity contribution in [3.05, 3.63) is 52.1 Å². The summed E-state index contributed by atoms with van der Waals surface area (Å²) in [6, 6.07) is 13.2. The van der Waals surface area contributed by atoms with E-state index >= 15 is 0 Å². The van der Waals surface area contributed by atoms with Crippen molar-refractivity contribution in [1.82, 2.24) is 0 Å². The summed E-state index contributed by atoms with van der Waals surface area (Å²) in [7, 11) is -3.65. The van der Waals surface area contributed by atoms with E-state index in [4.69, 9.17) is 0 Å². The van der Waals surface area contributed by atoms with Crippen LogP contribution in [-0.4, -0.2) is 14.3 Å². The first-order valence-electron chi connectivity index (χ1n) is 7.09. The van der Waals surface area contributed by atoms with Crippen molar-refractivity contribution in [3.63, 3.8) is 0 Å². The second-order valence-corrected chi connectivity index (χ2v) is 7.86. The summed E-state index contributed by atoms with van der Waals surface area (Å²) in [6.45, 7) is 1.92. The van der Waals surface area contributed by atoms with E-state index in [0.717, 1.165) is 9.99 Å². The van der Waals surface area contributed by atoms with Gasteiger partial charge in [0.15, 0.2) is 0 Å². The number of anilines is 2. The highest BCUT2D eigenvalue weighted by molar-refractivity contribution is 14.1. The number of carbonyl (C=O) groups is 1. The molecule has 0 aromatic heterocycles. The zero-order chi connectivity index (χ0) is 16.9. The average molecular weight is 444 g/mol. The summed E-state index contributed by atoms with van der Waals surface area (Å²) in [5.74, 6) is -0.0832. The molecule has 0 aliphatic carbocycles. The van der Waals surface area contributed by atoms with E-state index in [-0.39, 0.29) is 10.8 Å². The van der Waals surface area contributed by atoms with Gasteiger partial charge in [0.1, 0.15) is 0 Å². The molecule has 0 spiro atoms. The van der Waals surface area contributed by atoms with Gasteiger partial charge in [-0.1, -0.05) is 6.92 Å². The van der Waals surface area contributed by atoms with Gasteiger partial charge < -0.3 is 5.32 Å². The minimum absolute atomic E-state index is 0.0832. The first-order valence-corrected chi connectivity index (χ1v) is 9.65. The maximum absolute atomic E-state index is 12.3. The molecule has 0 saturated carbocycles. The van der Waals surface area contributed by atoms with E-state index in [2.05, 4.69) is 32.6 Å². The lowest BCUT2D eigenvalue weighted by Crippen LogP contribution is -2.14. The van der Waals surface area contributed by atoms with Crippen LogP contribution in [0.2, 0.25) is 0 Å². The van der Waals surface area contributed by atoms with Crippen LogP contribution in [0, 0.1) is 3.57 Å². The number of benzene rings is 2. The van der Waals surface area contributed by atoms with E-state index in [1.165, 1.54) is 12.1 Å². The van der Waals surface area contributed by atoms with E-state index in [0.29, 0.717) is 17.8 Å². The monoisotopic (exact) mass is 444 g/mol. The van der Waals surface area contributed by atoms with Gasteiger partial charge in [-0.2, -0.15) is 0 Å². The fourth-order valence-electron chi connectivity index (χ4n) is 1.90. The highest BCUT2D eigenvalue weighted by atomic mass is 127. The summed E-state index contributed by atoms with van der Waals surface area (Å²) < 4.78 is 28.2. The predicted molar refractivity (Wildman–Crippen MR) is 99.9 cm³/mol. The second-order valence-electron chi connectivity index (χ2n) is 4.93. The van der Waals surface area contributed by atoms with Crippen molar-refractivity contribution in [2.75, 3.05) is 10.0 Å². The highest BCUT2D eigenvalue weighted by Crippen LogP contribution is 2.19. The standard InChI is InChI=1S/C16H17IN2O3S/c1-2-3-16(20)18-13-8-10-15(11-9-13)23(21,22)19-14-6-4-12(17)5-7-14/h4-11,19H,2-3H2,1H3,(H,18,20). The van der Waals surface area contributed by atoms with Gasteiger partial charge in [-0.15, -0.1) is 0 Å².